The molecule has 1 aliphatic rings. The highest BCUT2D eigenvalue weighted by Gasteiger charge is 2.24. The van der Waals surface area contributed by atoms with E-state index in [1.165, 1.54) is 17.2 Å². The Morgan fingerprint density at radius 2 is 1.90 bits per heavy atom. The van der Waals surface area contributed by atoms with Gasteiger partial charge in [-0.25, -0.2) is 15.0 Å². The fourth-order valence-electron chi connectivity index (χ4n) is 3.12. The SMILES string of the molecule is Cc1cc(N2CCc3c(nc(C(C)C)n3C)C2)nc(C)n1. The van der Waals surface area contributed by atoms with Crippen molar-refractivity contribution in [1.29, 1.82) is 0 Å². The first-order chi connectivity index (χ1) is 9.95. The van der Waals surface area contributed by atoms with E-state index in [2.05, 4.69) is 46.4 Å². The maximum absolute atomic E-state index is 4.85. The molecule has 5 heteroatoms. The summed E-state index contributed by atoms with van der Waals surface area (Å²) in [6.07, 6.45) is 1.02. The van der Waals surface area contributed by atoms with Crippen molar-refractivity contribution in [2.24, 2.45) is 7.05 Å². The molecule has 0 spiro atoms. The Labute approximate surface area is 126 Å². The molecule has 0 N–H and O–H groups in total. The van der Waals surface area contributed by atoms with Crippen LogP contribution in [0.4, 0.5) is 5.82 Å². The fraction of sp³-hybridized carbons (Fsp3) is 0.562. The molecule has 0 aromatic carbocycles. The second-order valence-electron chi connectivity index (χ2n) is 6.16. The highest BCUT2D eigenvalue weighted by molar-refractivity contribution is 5.43. The average Bonchev–Trinajstić information content (AvgIpc) is 2.75. The molecule has 5 nitrogen and oxygen atoms in total. The lowest BCUT2D eigenvalue weighted by Gasteiger charge is -2.28. The molecule has 112 valence electrons. The number of anilines is 1. The van der Waals surface area contributed by atoms with Crippen LogP contribution in [-0.4, -0.2) is 26.1 Å². The number of hydrogen-bond acceptors (Lipinski definition) is 4. The third-order valence-electron chi connectivity index (χ3n) is 4.08. The van der Waals surface area contributed by atoms with E-state index in [1.807, 2.05) is 13.8 Å². The van der Waals surface area contributed by atoms with Crippen LogP contribution in [0.3, 0.4) is 0 Å². The van der Waals surface area contributed by atoms with Crippen LogP contribution in [0.5, 0.6) is 0 Å². The summed E-state index contributed by atoms with van der Waals surface area (Å²) in [6, 6.07) is 2.06. The Bertz CT molecular complexity index is 651. The maximum Gasteiger partial charge on any atom is 0.132 e. The van der Waals surface area contributed by atoms with Crippen molar-refractivity contribution in [2.45, 2.75) is 46.6 Å². The van der Waals surface area contributed by atoms with Gasteiger partial charge in [0.05, 0.1) is 12.2 Å². The van der Waals surface area contributed by atoms with E-state index in [0.29, 0.717) is 5.92 Å². The topological polar surface area (TPSA) is 46.8 Å². The molecule has 0 unspecified atom stereocenters. The molecule has 0 saturated heterocycles. The number of fused-ring (bicyclic) bond motifs is 1. The van der Waals surface area contributed by atoms with Gasteiger partial charge in [-0.05, 0) is 13.8 Å². The zero-order chi connectivity index (χ0) is 15.1. The Morgan fingerprint density at radius 3 is 2.57 bits per heavy atom. The standard InChI is InChI=1S/C16H23N5/c1-10(2)16-19-13-9-21(7-6-14(13)20(16)5)15-8-11(3)17-12(4)18-15/h8,10H,6-7,9H2,1-5H3. The molecule has 2 aromatic heterocycles. The van der Waals surface area contributed by atoms with Gasteiger partial charge in [0.25, 0.3) is 0 Å². The van der Waals surface area contributed by atoms with E-state index in [0.717, 1.165) is 36.8 Å². The summed E-state index contributed by atoms with van der Waals surface area (Å²) in [5.74, 6) is 3.48. The third kappa shape index (κ3) is 2.52. The van der Waals surface area contributed by atoms with Crippen LogP contribution in [0.15, 0.2) is 6.07 Å². The van der Waals surface area contributed by atoms with Gasteiger partial charge in [-0.15, -0.1) is 0 Å². The van der Waals surface area contributed by atoms with Crippen LogP contribution in [-0.2, 0) is 20.0 Å². The largest absolute Gasteiger partial charge is 0.350 e. The Balaban J connectivity index is 1.92. The van der Waals surface area contributed by atoms with Gasteiger partial charge < -0.3 is 9.47 Å². The van der Waals surface area contributed by atoms with E-state index >= 15 is 0 Å². The minimum absolute atomic E-state index is 0.456. The van der Waals surface area contributed by atoms with Gasteiger partial charge in [0.1, 0.15) is 17.5 Å². The lowest BCUT2D eigenvalue weighted by atomic mass is 10.1. The number of aromatic nitrogens is 4. The van der Waals surface area contributed by atoms with E-state index in [-0.39, 0.29) is 0 Å². The van der Waals surface area contributed by atoms with Crippen molar-refractivity contribution < 1.29 is 0 Å². The Kier molecular flexibility index (Phi) is 3.43. The average molecular weight is 285 g/mol. The molecule has 0 atom stereocenters. The third-order valence-corrected chi connectivity index (χ3v) is 4.08. The highest BCUT2D eigenvalue weighted by atomic mass is 15.2. The second-order valence-corrected chi connectivity index (χ2v) is 6.16. The summed E-state index contributed by atoms with van der Waals surface area (Å²) in [7, 11) is 2.13. The molecule has 0 saturated carbocycles. The van der Waals surface area contributed by atoms with E-state index in [4.69, 9.17) is 4.98 Å². The van der Waals surface area contributed by atoms with Gasteiger partial charge in [0.15, 0.2) is 0 Å². The molecule has 3 rings (SSSR count). The van der Waals surface area contributed by atoms with Crippen LogP contribution in [0, 0.1) is 13.8 Å². The summed E-state index contributed by atoms with van der Waals surface area (Å²) >= 11 is 0. The summed E-state index contributed by atoms with van der Waals surface area (Å²) < 4.78 is 2.27. The molecule has 21 heavy (non-hydrogen) atoms. The van der Waals surface area contributed by atoms with Gasteiger partial charge >= 0.3 is 0 Å². The number of rotatable bonds is 2. The van der Waals surface area contributed by atoms with Crippen molar-refractivity contribution in [2.75, 3.05) is 11.4 Å². The van der Waals surface area contributed by atoms with Crippen molar-refractivity contribution in [3.8, 4) is 0 Å². The zero-order valence-corrected chi connectivity index (χ0v) is 13.5. The predicted molar refractivity (Wildman–Crippen MR) is 83.6 cm³/mol. The van der Waals surface area contributed by atoms with Crippen LogP contribution < -0.4 is 4.90 Å². The first-order valence-electron chi connectivity index (χ1n) is 7.57. The van der Waals surface area contributed by atoms with Crippen molar-refractivity contribution in [1.82, 2.24) is 19.5 Å². The molecule has 0 aliphatic carbocycles. The smallest absolute Gasteiger partial charge is 0.132 e. The Hall–Kier alpha value is -1.91. The quantitative estimate of drug-likeness (QED) is 0.850. The molecule has 3 heterocycles. The second kappa shape index (κ2) is 5.13. The first kappa shape index (κ1) is 14.0. The normalized spacial score (nSPS) is 14.7. The molecular weight excluding hydrogens is 262 g/mol. The fourth-order valence-corrected chi connectivity index (χ4v) is 3.12. The number of nitrogens with zero attached hydrogens (tertiary/aromatic N) is 5. The van der Waals surface area contributed by atoms with Gasteiger partial charge in [0.2, 0.25) is 0 Å². The van der Waals surface area contributed by atoms with Crippen LogP contribution in [0.25, 0.3) is 0 Å². The van der Waals surface area contributed by atoms with Crippen LogP contribution in [0.2, 0.25) is 0 Å². The molecule has 1 aliphatic heterocycles. The summed E-state index contributed by atoms with van der Waals surface area (Å²) in [5, 5.41) is 0. The van der Waals surface area contributed by atoms with Crippen LogP contribution >= 0.6 is 0 Å². The van der Waals surface area contributed by atoms with Crippen molar-refractivity contribution >= 4 is 5.82 Å². The first-order valence-corrected chi connectivity index (χ1v) is 7.57. The van der Waals surface area contributed by atoms with Gasteiger partial charge in [0, 0.05) is 43.4 Å². The van der Waals surface area contributed by atoms with Gasteiger partial charge in [-0.2, -0.15) is 0 Å². The molecule has 0 fully saturated rings. The molecule has 0 radical (unpaired) electrons. The van der Waals surface area contributed by atoms with Crippen molar-refractivity contribution in [3.05, 3.63) is 34.8 Å². The minimum Gasteiger partial charge on any atom is -0.350 e. The minimum atomic E-state index is 0.456. The van der Waals surface area contributed by atoms with E-state index < -0.39 is 0 Å². The molecule has 0 bridgehead atoms. The highest BCUT2D eigenvalue weighted by Crippen LogP contribution is 2.26. The van der Waals surface area contributed by atoms with Gasteiger partial charge in [-0.3, -0.25) is 0 Å². The maximum atomic E-state index is 4.85. The van der Waals surface area contributed by atoms with E-state index in [1.54, 1.807) is 0 Å². The molecule has 2 aromatic rings. The Morgan fingerprint density at radius 1 is 1.14 bits per heavy atom. The lowest BCUT2D eigenvalue weighted by molar-refractivity contribution is 0.657. The lowest BCUT2D eigenvalue weighted by Crippen LogP contribution is -2.32. The number of imidazole rings is 1. The summed E-state index contributed by atoms with van der Waals surface area (Å²) in [6.45, 7) is 10.2. The number of hydrogen-bond donors (Lipinski definition) is 0. The zero-order valence-electron chi connectivity index (χ0n) is 13.5. The van der Waals surface area contributed by atoms with Gasteiger partial charge in [-0.1, -0.05) is 13.8 Å². The number of aryl methyl sites for hydroxylation is 2. The summed E-state index contributed by atoms with van der Waals surface area (Å²) in [4.78, 5) is 16.1. The monoisotopic (exact) mass is 285 g/mol. The van der Waals surface area contributed by atoms with Crippen molar-refractivity contribution in [3.63, 3.8) is 0 Å². The summed E-state index contributed by atoms with van der Waals surface area (Å²) in [5.41, 5.74) is 3.59. The van der Waals surface area contributed by atoms with E-state index in [9.17, 15) is 0 Å². The molecule has 0 amide bonds. The molecular formula is C16H23N5. The predicted octanol–water partition coefficient (Wildman–Crippen LogP) is 2.51. The van der Waals surface area contributed by atoms with Crippen LogP contribution in [0.1, 0.15) is 48.5 Å².